The maximum atomic E-state index is 13.2. The third-order valence-corrected chi connectivity index (χ3v) is 5.34. The Labute approximate surface area is 161 Å². The Morgan fingerprint density at radius 3 is 1.85 bits per heavy atom. The number of fused-ring (bicyclic) bond motifs is 4. The Balaban J connectivity index is 1.88. The maximum absolute atomic E-state index is 13.2. The zero-order valence-corrected chi connectivity index (χ0v) is 15.0. The van der Waals surface area contributed by atoms with Crippen molar-refractivity contribution in [2.24, 2.45) is 0 Å². The van der Waals surface area contributed by atoms with Gasteiger partial charge in [-0.2, -0.15) is 0 Å². The number of carbonyl (C=O) groups is 2. The molecule has 4 aromatic rings. The lowest BCUT2D eigenvalue weighted by molar-refractivity contribution is 0.0980. The molecule has 0 unspecified atom stereocenters. The molecule has 0 radical (unpaired) electrons. The minimum absolute atomic E-state index is 0.0981. The van der Waals surface area contributed by atoms with Crippen molar-refractivity contribution in [1.82, 2.24) is 0 Å². The lowest BCUT2D eigenvalue weighted by Crippen LogP contribution is -2.21. The molecule has 0 aromatic heterocycles. The zero-order chi connectivity index (χ0) is 18.5. The molecular formula is C24H13ClO2. The third kappa shape index (κ3) is 2.34. The maximum Gasteiger partial charge on any atom is 0.195 e. The fourth-order valence-corrected chi connectivity index (χ4v) is 3.95. The number of carbonyl (C=O) groups excluding carboxylic acids is 2. The molecule has 27 heavy (non-hydrogen) atoms. The summed E-state index contributed by atoms with van der Waals surface area (Å²) in [7, 11) is 0. The fourth-order valence-electron chi connectivity index (χ4n) is 3.83. The Morgan fingerprint density at radius 2 is 1.15 bits per heavy atom. The molecule has 128 valence electrons. The van der Waals surface area contributed by atoms with Gasteiger partial charge >= 0.3 is 0 Å². The van der Waals surface area contributed by atoms with Crippen molar-refractivity contribution in [2.45, 2.75) is 0 Å². The highest BCUT2D eigenvalue weighted by atomic mass is 35.5. The first-order chi connectivity index (χ1) is 13.1. The number of halogens is 1. The van der Waals surface area contributed by atoms with Gasteiger partial charge in [0.05, 0.1) is 0 Å². The number of hydrogen-bond acceptors (Lipinski definition) is 2. The largest absolute Gasteiger partial charge is 0.289 e. The van der Waals surface area contributed by atoms with Gasteiger partial charge in [0.2, 0.25) is 0 Å². The molecular weight excluding hydrogens is 356 g/mol. The molecule has 0 saturated carbocycles. The molecule has 1 aliphatic rings. The molecule has 0 heterocycles. The third-order valence-electron chi connectivity index (χ3n) is 5.09. The van der Waals surface area contributed by atoms with E-state index < -0.39 is 0 Å². The molecule has 4 aromatic carbocycles. The summed E-state index contributed by atoms with van der Waals surface area (Å²) < 4.78 is 0. The molecule has 0 amide bonds. The average molecular weight is 369 g/mol. The summed E-state index contributed by atoms with van der Waals surface area (Å²) in [6, 6.07) is 24.1. The van der Waals surface area contributed by atoms with Crippen LogP contribution in [-0.4, -0.2) is 11.6 Å². The molecule has 2 nitrogen and oxygen atoms in total. The van der Waals surface area contributed by atoms with Gasteiger partial charge in [-0.3, -0.25) is 9.59 Å². The van der Waals surface area contributed by atoms with Gasteiger partial charge in [-0.15, -0.1) is 0 Å². The topological polar surface area (TPSA) is 34.1 Å². The monoisotopic (exact) mass is 368 g/mol. The van der Waals surface area contributed by atoms with E-state index in [0.717, 1.165) is 21.9 Å². The highest BCUT2D eigenvalue weighted by molar-refractivity contribution is 6.33. The van der Waals surface area contributed by atoms with Gasteiger partial charge < -0.3 is 0 Å². The van der Waals surface area contributed by atoms with E-state index in [1.165, 1.54) is 0 Å². The fraction of sp³-hybridized carbons (Fsp3) is 0. The standard InChI is InChI=1S/C24H13ClO2/c25-15-11-9-14(10-12-15)20-13-21-22(17-6-2-1-5-16(17)20)24(27)19-8-4-3-7-18(19)23(21)26/h1-13H. The van der Waals surface area contributed by atoms with Crippen LogP contribution in [0.1, 0.15) is 31.8 Å². The van der Waals surface area contributed by atoms with E-state index in [9.17, 15) is 9.59 Å². The molecule has 0 bridgehead atoms. The van der Waals surface area contributed by atoms with E-state index in [-0.39, 0.29) is 11.6 Å². The summed E-state index contributed by atoms with van der Waals surface area (Å²) >= 11 is 6.03. The second-order valence-electron chi connectivity index (χ2n) is 6.60. The van der Waals surface area contributed by atoms with Crippen LogP contribution in [0.15, 0.2) is 78.9 Å². The molecule has 0 spiro atoms. The molecule has 5 rings (SSSR count). The van der Waals surface area contributed by atoms with Gasteiger partial charge in [-0.25, -0.2) is 0 Å². The van der Waals surface area contributed by atoms with E-state index >= 15 is 0 Å². The Hall–Kier alpha value is -3.23. The minimum Gasteiger partial charge on any atom is -0.289 e. The molecule has 3 heteroatoms. The van der Waals surface area contributed by atoms with Gasteiger partial charge in [-0.1, -0.05) is 72.3 Å². The van der Waals surface area contributed by atoms with Gasteiger partial charge in [0, 0.05) is 27.3 Å². The first kappa shape index (κ1) is 16.0. The van der Waals surface area contributed by atoms with Crippen LogP contribution in [0.5, 0.6) is 0 Å². The van der Waals surface area contributed by atoms with E-state index in [0.29, 0.717) is 27.3 Å². The highest BCUT2D eigenvalue weighted by Crippen LogP contribution is 2.38. The van der Waals surface area contributed by atoms with Gasteiger partial charge in [0.15, 0.2) is 11.6 Å². The lowest BCUT2D eigenvalue weighted by atomic mass is 9.79. The van der Waals surface area contributed by atoms with Gasteiger partial charge in [-0.05, 0) is 40.1 Å². The molecule has 0 aliphatic heterocycles. The van der Waals surface area contributed by atoms with Crippen LogP contribution in [0.25, 0.3) is 21.9 Å². The van der Waals surface area contributed by atoms with Crippen molar-refractivity contribution in [3.8, 4) is 11.1 Å². The molecule has 1 aliphatic carbocycles. The molecule has 0 atom stereocenters. The summed E-state index contributed by atoms with van der Waals surface area (Å²) in [5.41, 5.74) is 3.76. The summed E-state index contributed by atoms with van der Waals surface area (Å²) in [6.45, 7) is 0. The minimum atomic E-state index is -0.110. The normalized spacial score (nSPS) is 12.8. The quantitative estimate of drug-likeness (QED) is 0.367. The Bertz CT molecular complexity index is 1250. The van der Waals surface area contributed by atoms with Gasteiger partial charge in [0.25, 0.3) is 0 Å². The van der Waals surface area contributed by atoms with Crippen molar-refractivity contribution in [3.05, 3.63) is 106 Å². The molecule has 0 fully saturated rings. The number of benzene rings is 4. The van der Waals surface area contributed by atoms with E-state index in [1.807, 2.05) is 54.6 Å². The second kappa shape index (κ2) is 5.90. The summed E-state index contributed by atoms with van der Waals surface area (Å²) in [5.74, 6) is -0.208. The van der Waals surface area contributed by atoms with E-state index in [1.54, 1.807) is 24.3 Å². The van der Waals surface area contributed by atoms with Crippen LogP contribution in [0.2, 0.25) is 5.02 Å². The Kier molecular flexibility index (Phi) is 3.49. The van der Waals surface area contributed by atoms with Crippen molar-refractivity contribution >= 4 is 33.9 Å². The smallest absolute Gasteiger partial charge is 0.195 e. The van der Waals surface area contributed by atoms with Crippen molar-refractivity contribution in [1.29, 1.82) is 0 Å². The zero-order valence-electron chi connectivity index (χ0n) is 14.2. The van der Waals surface area contributed by atoms with Crippen LogP contribution < -0.4 is 0 Å². The van der Waals surface area contributed by atoms with Crippen LogP contribution in [0.3, 0.4) is 0 Å². The lowest BCUT2D eigenvalue weighted by Gasteiger charge is -2.21. The Morgan fingerprint density at radius 1 is 0.556 bits per heavy atom. The summed E-state index contributed by atoms with van der Waals surface area (Å²) in [4.78, 5) is 26.4. The SMILES string of the molecule is O=C1c2ccccc2C(=O)c2c1cc(-c1ccc(Cl)cc1)c1ccccc21. The van der Waals surface area contributed by atoms with Crippen molar-refractivity contribution in [3.63, 3.8) is 0 Å². The van der Waals surface area contributed by atoms with Crippen LogP contribution >= 0.6 is 11.6 Å². The van der Waals surface area contributed by atoms with E-state index in [2.05, 4.69) is 0 Å². The number of ketones is 2. The van der Waals surface area contributed by atoms with Crippen LogP contribution in [0.4, 0.5) is 0 Å². The van der Waals surface area contributed by atoms with Crippen LogP contribution in [0, 0.1) is 0 Å². The predicted octanol–water partition coefficient (Wildman–Crippen LogP) is 5.94. The number of hydrogen-bond donors (Lipinski definition) is 0. The predicted molar refractivity (Wildman–Crippen MR) is 108 cm³/mol. The van der Waals surface area contributed by atoms with E-state index in [4.69, 9.17) is 11.6 Å². The first-order valence-corrected chi connectivity index (χ1v) is 9.03. The molecule has 0 N–H and O–H groups in total. The number of rotatable bonds is 1. The summed E-state index contributed by atoms with van der Waals surface area (Å²) in [5, 5.41) is 2.40. The summed E-state index contributed by atoms with van der Waals surface area (Å²) in [6.07, 6.45) is 0. The second-order valence-corrected chi connectivity index (χ2v) is 7.04. The van der Waals surface area contributed by atoms with Gasteiger partial charge in [0.1, 0.15) is 0 Å². The van der Waals surface area contributed by atoms with Crippen molar-refractivity contribution < 1.29 is 9.59 Å². The average Bonchev–Trinajstić information content (AvgIpc) is 2.71. The molecule has 0 saturated heterocycles. The van der Waals surface area contributed by atoms with Crippen molar-refractivity contribution in [2.75, 3.05) is 0 Å². The van der Waals surface area contributed by atoms with Crippen LogP contribution in [-0.2, 0) is 0 Å². The first-order valence-electron chi connectivity index (χ1n) is 8.65. The highest BCUT2D eigenvalue weighted by Gasteiger charge is 2.31.